The van der Waals surface area contributed by atoms with E-state index in [9.17, 15) is 8.78 Å². The molecule has 1 heterocycles. The number of aryl methyl sites for hydroxylation is 1. The van der Waals surface area contributed by atoms with Gasteiger partial charge in [0.25, 0.3) is 5.92 Å². The highest BCUT2D eigenvalue weighted by Gasteiger charge is 2.39. The Morgan fingerprint density at radius 3 is 2.85 bits per heavy atom. The number of hydrogen-bond donors (Lipinski definition) is 0. The lowest BCUT2D eigenvalue weighted by atomic mass is 9.97. The average molecular weight is 184 g/mol. The first kappa shape index (κ1) is 8.48. The fourth-order valence-corrected chi connectivity index (χ4v) is 1.64. The molecule has 1 aliphatic rings. The maximum atomic E-state index is 13.4. The van der Waals surface area contributed by atoms with E-state index in [2.05, 4.69) is 0 Å². The molecule has 0 aromatic heterocycles. The molecule has 0 amide bonds. The van der Waals surface area contributed by atoms with Gasteiger partial charge in [0.05, 0.1) is 18.6 Å². The van der Waals surface area contributed by atoms with Crippen LogP contribution >= 0.6 is 0 Å². The number of rotatable bonds is 0. The number of hydrogen-bond acceptors (Lipinski definition) is 1. The number of fused-ring (bicyclic) bond motifs is 1. The van der Waals surface area contributed by atoms with Gasteiger partial charge >= 0.3 is 0 Å². The fourth-order valence-electron chi connectivity index (χ4n) is 1.64. The van der Waals surface area contributed by atoms with Crippen LogP contribution in [0.15, 0.2) is 18.2 Å². The molecule has 0 bridgehead atoms. The van der Waals surface area contributed by atoms with Crippen molar-refractivity contribution in [3.05, 3.63) is 29.3 Å². The first-order valence-corrected chi connectivity index (χ1v) is 4.22. The quantitative estimate of drug-likeness (QED) is 0.602. The van der Waals surface area contributed by atoms with Gasteiger partial charge in [-0.15, -0.1) is 0 Å². The predicted octanol–water partition coefficient (Wildman–Crippen LogP) is 2.87. The minimum atomic E-state index is -2.72. The molecule has 0 unspecified atom stereocenters. The zero-order chi connectivity index (χ0) is 9.47. The third-order valence-corrected chi connectivity index (χ3v) is 2.27. The maximum Gasteiger partial charge on any atom is 0.280 e. The summed E-state index contributed by atoms with van der Waals surface area (Å²) in [5.41, 5.74) is 0.656. The Morgan fingerprint density at radius 1 is 1.38 bits per heavy atom. The zero-order valence-electron chi connectivity index (χ0n) is 7.31. The third kappa shape index (κ3) is 1.28. The molecule has 0 saturated carbocycles. The molecule has 0 aliphatic carbocycles. The van der Waals surface area contributed by atoms with Gasteiger partial charge in [-0.05, 0) is 18.6 Å². The molecular formula is C10H10F2O. The molecule has 0 N–H and O–H groups in total. The topological polar surface area (TPSA) is 9.23 Å². The van der Waals surface area contributed by atoms with Crippen molar-refractivity contribution in [1.29, 1.82) is 0 Å². The Kier molecular flexibility index (Phi) is 1.75. The SMILES string of the molecule is Cc1cccc2c1C(F)(F)CCO2. The molecule has 0 spiro atoms. The van der Waals surface area contributed by atoms with E-state index >= 15 is 0 Å². The smallest absolute Gasteiger partial charge is 0.280 e. The molecule has 3 heteroatoms. The van der Waals surface area contributed by atoms with Crippen molar-refractivity contribution in [3.63, 3.8) is 0 Å². The van der Waals surface area contributed by atoms with E-state index in [4.69, 9.17) is 4.74 Å². The van der Waals surface area contributed by atoms with Crippen molar-refractivity contribution in [2.24, 2.45) is 0 Å². The molecule has 1 aliphatic heterocycles. The Hall–Kier alpha value is -1.12. The lowest BCUT2D eigenvalue weighted by Gasteiger charge is -2.26. The summed E-state index contributed by atoms with van der Waals surface area (Å²) in [7, 11) is 0. The summed E-state index contributed by atoms with van der Waals surface area (Å²) >= 11 is 0. The molecule has 0 saturated heterocycles. The van der Waals surface area contributed by atoms with E-state index in [1.54, 1.807) is 25.1 Å². The van der Waals surface area contributed by atoms with Gasteiger partial charge in [0.2, 0.25) is 0 Å². The van der Waals surface area contributed by atoms with Crippen LogP contribution in [0, 0.1) is 6.92 Å². The van der Waals surface area contributed by atoms with E-state index in [0.29, 0.717) is 11.3 Å². The van der Waals surface area contributed by atoms with E-state index in [0.717, 1.165) is 0 Å². The van der Waals surface area contributed by atoms with Crippen LogP contribution in [-0.2, 0) is 5.92 Å². The van der Waals surface area contributed by atoms with Crippen molar-refractivity contribution < 1.29 is 13.5 Å². The molecule has 2 rings (SSSR count). The normalized spacial score (nSPS) is 19.0. The number of benzene rings is 1. The predicted molar refractivity (Wildman–Crippen MR) is 45.2 cm³/mol. The van der Waals surface area contributed by atoms with Crippen LogP contribution in [0.4, 0.5) is 8.78 Å². The van der Waals surface area contributed by atoms with Gasteiger partial charge < -0.3 is 4.74 Å². The van der Waals surface area contributed by atoms with E-state index in [-0.39, 0.29) is 18.6 Å². The highest BCUT2D eigenvalue weighted by atomic mass is 19.3. The van der Waals surface area contributed by atoms with E-state index in [1.807, 2.05) is 0 Å². The zero-order valence-corrected chi connectivity index (χ0v) is 7.31. The van der Waals surface area contributed by atoms with Crippen LogP contribution in [0.2, 0.25) is 0 Å². The second kappa shape index (κ2) is 2.69. The summed E-state index contributed by atoms with van der Waals surface area (Å²) in [4.78, 5) is 0. The summed E-state index contributed by atoms with van der Waals surface area (Å²) in [5, 5.41) is 0. The Bertz CT molecular complexity index is 334. The minimum Gasteiger partial charge on any atom is -0.493 e. The summed E-state index contributed by atoms with van der Waals surface area (Å²) < 4.78 is 31.9. The molecule has 0 fully saturated rings. The average Bonchev–Trinajstić information content (AvgIpc) is 2.02. The van der Waals surface area contributed by atoms with Gasteiger partial charge in [-0.3, -0.25) is 0 Å². The van der Waals surface area contributed by atoms with Gasteiger partial charge in [-0.1, -0.05) is 12.1 Å². The summed E-state index contributed by atoms with van der Waals surface area (Å²) in [6.45, 7) is 1.78. The van der Waals surface area contributed by atoms with Gasteiger partial charge in [-0.25, -0.2) is 8.78 Å². The molecular weight excluding hydrogens is 174 g/mol. The van der Waals surface area contributed by atoms with Gasteiger partial charge in [0.1, 0.15) is 5.75 Å². The first-order chi connectivity index (χ1) is 6.11. The molecule has 1 aromatic carbocycles. The molecule has 0 radical (unpaired) electrons. The Balaban J connectivity index is 2.61. The minimum absolute atomic E-state index is 0.0567. The van der Waals surface area contributed by atoms with E-state index in [1.165, 1.54) is 0 Å². The molecule has 1 nitrogen and oxygen atoms in total. The fraction of sp³-hybridized carbons (Fsp3) is 0.400. The van der Waals surface area contributed by atoms with Crippen molar-refractivity contribution in [2.45, 2.75) is 19.3 Å². The lowest BCUT2D eigenvalue weighted by molar-refractivity contribution is -0.0410. The number of halogens is 2. The highest BCUT2D eigenvalue weighted by molar-refractivity contribution is 5.43. The lowest BCUT2D eigenvalue weighted by Crippen LogP contribution is -2.25. The maximum absolute atomic E-state index is 13.4. The second-order valence-electron chi connectivity index (χ2n) is 3.25. The number of ether oxygens (including phenoxy) is 1. The van der Waals surface area contributed by atoms with Crippen LogP contribution in [0.25, 0.3) is 0 Å². The van der Waals surface area contributed by atoms with Crippen LogP contribution in [0.3, 0.4) is 0 Å². The molecule has 13 heavy (non-hydrogen) atoms. The van der Waals surface area contributed by atoms with Gasteiger partial charge in [0, 0.05) is 0 Å². The monoisotopic (exact) mass is 184 g/mol. The first-order valence-electron chi connectivity index (χ1n) is 4.22. The second-order valence-corrected chi connectivity index (χ2v) is 3.25. The van der Waals surface area contributed by atoms with Gasteiger partial charge in [-0.2, -0.15) is 0 Å². The standard InChI is InChI=1S/C10H10F2O/c1-7-3-2-4-8-9(7)10(11,12)5-6-13-8/h2-4H,5-6H2,1H3. The summed E-state index contributed by atoms with van der Waals surface area (Å²) in [5.74, 6) is -2.39. The van der Waals surface area contributed by atoms with Crippen molar-refractivity contribution >= 4 is 0 Å². The van der Waals surface area contributed by atoms with Crippen LogP contribution in [0.1, 0.15) is 17.5 Å². The molecule has 1 aromatic rings. The van der Waals surface area contributed by atoms with Gasteiger partial charge in [0.15, 0.2) is 0 Å². The third-order valence-electron chi connectivity index (χ3n) is 2.27. The van der Waals surface area contributed by atoms with Crippen molar-refractivity contribution in [1.82, 2.24) is 0 Å². The number of alkyl halides is 2. The van der Waals surface area contributed by atoms with Crippen molar-refractivity contribution in [2.75, 3.05) is 6.61 Å². The Labute approximate surface area is 75.3 Å². The summed E-state index contributed by atoms with van der Waals surface area (Å²) in [6.07, 6.45) is -0.217. The highest BCUT2D eigenvalue weighted by Crippen LogP contribution is 2.42. The van der Waals surface area contributed by atoms with Crippen molar-refractivity contribution in [3.8, 4) is 5.75 Å². The largest absolute Gasteiger partial charge is 0.493 e. The van der Waals surface area contributed by atoms with Crippen LogP contribution in [0.5, 0.6) is 5.75 Å². The van der Waals surface area contributed by atoms with Crippen LogP contribution in [-0.4, -0.2) is 6.61 Å². The van der Waals surface area contributed by atoms with Crippen LogP contribution < -0.4 is 4.74 Å². The Morgan fingerprint density at radius 2 is 2.15 bits per heavy atom. The van der Waals surface area contributed by atoms with E-state index < -0.39 is 5.92 Å². The molecule has 0 atom stereocenters. The molecule has 70 valence electrons. The summed E-state index contributed by atoms with van der Waals surface area (Å²) in [6, 6.07) is 5.01.